The van der Waals surface area contributed by atoms with Gasteiger partial charge in [-0.2, -0.15) is 5.10 Å². The number of hydrogen-bond acceptors (Lipinski definition) is 3. The van der Waals surface area contributed by atoms with Gasteiger partial charge in [0.05, 0.1) is 5.69 Å². The van der Waals surface area contributed by atoms with Gasteiger partial charge in [-0.05, 0) is 56.2 Å². The number of amides is 3. The van der Waals surface area contributed by atoms with E-state index >= 15 is 0 Å². The topological polar surface area (TPSA) is 88.1 Å². The van der Waals surface area contributed by atoms with Crippen molar-refractivity contribution in [1.82, 2.24) is 9.78 Å². The quantitative estimate of drug-likeness (QED) is 0.587. The first kappa shape index (κ1) is 20.1. The van der Waals surface area contributed by atoms with Crippen molar-refractivity contribution in [3.8, 4) is 0 Å². The van der Waals surface area contributed by atoms with Gasteiger partial charge in [-0.1, -0.05) is 24.3 Å². The molecule has 0 unspecified atom stereocenters. The lowest BCUT2D eigenvalue weighted by molar-refractivity contribution is -0.116. The fourth-order valence-corrected chi connectivity index (χ4v) is 3.13. The van der Waals surface area contributed by atoms with Crippen molar-refractivity contribution in [3.05, 3.63) is 71.5 Å². The highest BCUT2D eigenvalue weighted by atomic mass is 16.2. The number of nitrogens with one attached hydrogen (secondary N) is 3. The average Bonchev–Trinajstić information content (AvgIpc) is 2.92. The molecule has 3 rings (SSSR count). The lowest BCUT2D eigenvalue weighted by Gasteiger charge is -2.10. The molecule has 3 amide bonds. The highest BCUT2D eigenvalue weighted by Gasteiger charge is 2.12. The summed E-state index contributed by atoms with van der Waals surface area (Å²) in [4.78, 5) is 24.5. The molecule has 0 saturated heterocycles. The third-order valence-corrected chi connectivity index (χ3v) is 4.70. The molecular formula is C22H25N5O2. The van der Waals surface area contributed by atoms with Gasteiger partial charge < -0.3 is 16.0 Å². The van der Waals surface area contributed by atoms with Gasteiger partial charge in [0.25, 0.3) is 0 Å². The molecule has 7 heteroatoms. The highest BCUT2D eigenvalue weighted by molar-refractivity contribution is 6.00. The maximum atomic E-state index is 12.4. The summed E-state index contributed by atoms with van der Waals surface area (Å²) in [5, 5.41) is 12.8. The molecule has 3 aromatic rings. The van der Waals surface area contributed by atoms with Crippen LogP contribution in [0.1, 0.15) is 23.4 Å². The van der Waals surface area contributed by atoms with Crippen molar-refractivity contribution in [1.29, 1.82) is 0 Å². The Hall–Kier alpha value is -3.61. The van der Waals surface area contributed by atoms with Gasteiger partial charge in [0.2, 0.25) is 5.91 Å². The van der Waals surface area contributed by atoms with E-state index in [4.69, 9.17) is 0 Å². The second kappa shape index (κ2) is 9.05. The summed E-state index contributed by atoms with van der Waals surface area (Å²) < 4.78 is 1.83. The minimum absolute atomic E-state index is 0.0847. The molecule has 0 aliphatic carbocycles. The van der Waals surface area contributed by atoms with Gasteiger partial charge in [-0.15, -0.1) is 0 Å². The molecule has 0 fully saturated rings. The first-order valence-electron chi connectivity index (χ1n) is 9.44. The second-order valence-corrected chi connectivity index (χ2v) is 6.85. The smallest absolute Gasteiger partial charge is 0.323 e. The molecular weight excluding hydrogens is 366 g/mol. The minimum atomic E-state index is -0.345. The Balaban J connectivity index is 1.55. The van der Waals surface area contributed by atoms with E-state index in [0.717, 1.165) is 17.0 Å². The molecule has 0 radical (unpaired) electrons. The van der Waals surface area contributed by atoms with Gasteiger partial charge in [0.1, 0.15) is 0 Å². The molecule has 7 nitrogen and oxygen atoms in total. The van der Waals surface area contributed by atoms with Crippen LogP contribution in [0.4, 0.5) is 21.9 Å². The van der Waals surface area contributed by atoms with Crippen molar-refractivity contribution < 1.29 is 9.59 Å². The molecule has 0 atom stereocenters. The number of carbonyl (C=O) groups excluding carboxylic acids is 2. The van der Waals surface area contributed by atoms with Crippen LogP contribution < -0.4 is 16.0 Å². The molecule has 0 saturated carbocycles. The fourth-order valence-electron chi connectivity index (χ4n) is 3.13. The molecule has 0 aliphatic heterocycles. The molecule has 0 spiro atoms. The average molecular weight is 391 g/mol. The maximum Gasteiger partial charge on any atom is 0.323 e. The van der Waals surface area contributed by atoms with Crippen molar-refractivity contribution in [2.45, 2.75) is 26.7 Å². The summed E-state index contributed by atoms with van der Waals surface area (Å²) >= 11 is 0. The Labute approximate surface area is 170 Å². The van der Waals surface area contributed by atoms with Crippen molar-refractivity contribution in [2.24, 2.45) is 7.05 Å². The highest BCUT2D eigenvalue weighted by Crippen LogP contribution is 2.18. The first-order valence-corrected chi connectivity index (χ1v) is 9.44. The Morgan fingerprint density at radius 3 is 2.17 bits per heavy atom. The maximum absolute atomic E-state index is 12.4. The zero-order valence-electron chi connectivity index (χ0n) is 16.8. The Morgan fingerprint density at radius 1 is 0.897 bits per heavy atom. The van der Waals surface area contributed by atoms with E-state index in [1.165, 1.54) is 0 Å². The standard InChI is InChI=1S/C22H25N5O2/c1-15-20(16(2)27(3)26-15)12-13-21(28)23-18-10-7-11-19(14-18)25-22(29)24-17-8-5-4-6-9-17/h4-11,14H,12-13H2,1-3H3,(H,23,28)(H2,24,25,29). The number of nitrogens with zero attached hydrogens (tertiary/aromatic N) is 2. The largest absolute Gasteiger partial charge is 0.326 e. The number of para-hydroxylation sites is 1. The van der Waals surface area contributed by atoms with E-state index in [-0.39, 0.29) is 11.9 Å². The summed E-state index contributed by atoms with van der Waals surface area (Å²) in [5.41, 5.74) is 5.06. The molecule has 0 aliphatic rings. The molecule has 3 N–H and O–H groups in total. The van der Waals surface area contributed by atoms with E-state index in [1.807, 2.05) is 55.9 Å². The number of benzene rings is 2. The Kier molecular flexibility index (Phi) is 6.29. The Bertz CT molecular complexity index is 1010. The lowest BCUT2D eigenvalue weighted by Crippen LogP contribution is -2.19. The molecule has 1 aromatic heterocycles. The number of rotatable bonds is 6. The number of hydrogen-bond donors (Lipinski definition) is 3. The van der Waals surface area contributed by atoms with Gasteiger partial charge in [-0.25, -0.2) is 4.79 Å². The van der Waals surface area contributed by atoms with Crippen LogP contribution in [0.5, 0.6) is 0 Å². The van der Waals surface area contributed by atoms with Crippen LogP contribution in [0.15, 0.2) is 54.6 Å². The van der Waals surface area contributed by atoms with Crippen LogP contribution in [-0.4, -0.2) is 21.7 Å². The van der Waals surface area contributed by atoms with Crippen molar-refractivity contribution >= 4 is 29.0 Å². The second-order valence-electron chi connectivity index (χ2n) is 6.85. The summed E-state index contributed by atoms with van der Waals surface area (Å²) in [6, 6.07) is 15.9. The number of carbonyl (C=O) groups is 2. The van der Waals surface area contributed by atoms with Gasteiger partial charge >= 0.3 is 6.03 Å². The summed E-state index contributed by atoms with van der Waals surface area (Å²) in [6.07, 6.45) is 0.994. The lowest BCUT2D eigenvalue weighted by atomic mass is 10.1. The zero-order chi connectivity index (χ0) is 20.8. The van der Waals surface area contributed by atoms with E-state index in [0.29, 0.717) is 29.9 Å². The van der Waals surface area contributed by atoms with Gasteiger partial charge in [0, 0.05) is 36.2 Å². The van der Waals surface area contributed by atoms with E-state index in [1.54, 1.807) is 24.3 Å². The predicted molar refractivity (Wildman–Crippen MR) is 115 cm³/mol. The van der Waals surface area contributed by atoms with Gasteiger partial charge in [-0.3, -0.25) is 9.48 Å². The van der Waals surface area contributed by atoms with Gasteiger partial charge in [0.15, 0.2) is 0 Å². The molecule has 29 heavy (non-hydrogen) atoms. The number of urea groups is 1. The summed E-state index contributed by atoms with van der Waals surface area (Å²) in [6.45, 7) is 3.96. The Morgan fingerprint density at radius 2 is 1.52 bits per heavy atom. The summed E-state index contributed by atoms with van der Waals surface area (Å²) in [5.74, 6) is -0.0847. The monoisotopic (exact) mass is 391 g/mol. The normalized spacial score (nSPS) is 10.4. The number of aryl methyl sites for hydroxylation is 2. The molecule has 0 bridgehead atoms. The van der Waals surface area contributed by atoms with Crippen LogP contribution in [0.3, 0.4) is 0 Å². The molecule has 150 valence electrons. The van der Waals surface area contributed by atoms with E-state index in [2.05, 4.69) is 21.0 Å². The number of aromatic nitrogens is 2. The third kappa shape index (κ3) is 5.44. The summed E-state index contributed by atoms with van der Waals surface area (Å²) in [7, 11) is 1.90. The van der Waals surface area contributed by atoms with Crippen LogP contribution in [-0.2, 0) is 18.3 Å². The van der Waals surface area contributed by atoms with E-state index < -0.39 is 0 Å². The molecule has 1 heterocycles. The SMILES string of the molecule is Cc1nn(C)c(C)c1CCC(=O)Nc1cccc(NC(=O)Nc2ccccc2)c1. The minimum Gasteiger partial charge on any atom is -0.326 e. The third-order valence-electron chi connectivity index (χ3n) is 4.70. The van der Waals surface area contributed by atoms with Crippen molar-refractivity contribution in [3.63, 3.8) is 0 Å². The van der Waals surface area contributed by atoms with E-state index in [9.17, 15) is 9.59 Å². The predicted octanol–water partition coefficient (Wildman–Crippen LogP) is 4.25. The van der Waals surface area contributed by atoms with Crippen LogP contribution in [0.25, 0.3) is 0 Å². The number of anilines is 3. The van der Waals surface area contributed by atoms with Crippen LogP contribution >= 0.6 is 0 Å². The van der Waals surface area contributed by atoms with Crippen LogP contribution in [0.2, 0.25) is 0 Å². The zero-order valence-corrected chi connectivity index (χ0v) is 16.8. The van der Waals surface area contributed by atoms with Crippen molar-refractivity contribution in [2.75, 3.05) is 16.0 Å². The first-order chi connectivity index (χ1) is 13.9. The molecule has 2 aromatic carbocycles. The fraction of sp³-hybridized carbons (Fsp3) is 0.227. The van der Waals surface area contributed by atoms with Crippen LogP contribution in [0, 0.1) is 13.8 Å².